The first-order chi connectivity index (χ1) is 15.9. The Morgan fingerprint density at radius 3 is 2.48 bits per heavy atom. The molecule has 1 aliphatic rings. The summed E-state index contributed by atoms with van der Waals surface area (Å²) in [5.74, 6) is -2.20. The van der Waals surface area contributed by atoms with E-state index in [9.17, 15) is 23.6 Å². The molecule has 8 nitrogen and oxygen atoms in total. The van der Waals surface area contributed by atoms with Crippen molar-refractivity contribution in [1.29, 1.82) is 0 Å². The van der Waals surface area contributed by atoms with Gasteiger partial charge in [-0.15, -0.1) is 0 Å². The smallest absolute Gasteiger partial charge is 0.338 e. The quantitative estimate of drug-likeness (QED) is 0.418. The summed E-state index contributed by atoms with van der Waals surface area (Å²) < 4.78 is 23.1. The molecule has 3 amide bonds. The topological polar surface area (TPSA) is 106 Å². The molecule has 1 aliphatic heterocycles. The SMILES string of the molecule is O=C(COC(=O)c1ccc2c(c1)C(=O)N(Cc1ccco1)C2=O)NCCc1ccc(F)cc1. The molecule has 0 saturated carbocycles. The first kappa shape index (κ1) is 21.9. The molecule has 1 N–H and O–H groups in total. The number of furan rings is 1. The Hall–Kier alpha value is -4.27. The number of hydrogen-bond donors (Lipinski definition) is 1. The van der Waals surface area contributed by atoms with Crippen molar-refractivity contribution in [3.8, 4) is 0 Å². The second-order valence-electron chi connectivity index (χ2n) is 7.34. The molecule has 33 heavy (non-hydrogen) atoms. The number of imide groups is 1. The van der Waals surface area contributed by atoms with Gasteiger partial charge in [0.25, 0.3) is 17.7 Å². The number of hydrogen-bond acceptors (Lipinski definition) is 6. The molecule has 0 radical (unpaired) electrons. The second kappa shape index (κ2) is 9.47. The molecule has 2 aromatic carbocycles. The van der Waals surface area contributed by atoms with E-state index in [1.807, 2.05) is 0 Å². The van der Waals surface area contributed by atoms with Gasteiger partial charge in [0.1, 0.15) is 11.6 Å². The lowest BCUT2D eigenvalue weighted by molar-refractivity contribution is -0.124. The van der Waals surface area contributed by atoms with E-state index >= 15 is 0 Å². The minimum atomic E-state index is -0.795. The van der Waals surface area contributed by atoms with Crippen molar-refractivity contribution in [2.24, 2.45) is 0 Å². The van der Waals surface area contributed by atoms with E-state index in [0.29, 0.717) is 18.7 Å². The molecule has 168 valence electrons. The van der Waals surface area contributed by atoms with E-state index in [2.05, 4.69) is 5.32 Å². The van der Waals surface area contributed by atoms with E-state index in [0.717, 1.165) is 10.5 Å². The molecular formula is C24H19FN2O6. The highest BCUT2D eigenvalue weighted by Crippen LogP contribution is 2.26. The number of amides is 3. The highest BCUT2D eigenvalue weighted by Gasteiger charge is 2.36. The molecule has 0 atom stereocenters. The van der Waals surface area contributed by atoms with Crippen LogP contribution in [0.5, 0.6) is 0 Å². The summed E-state index contributed by atoms with van der Waals surface area (Å²) in [6.07, 6.45) is 1.94. The monoisotopic (exact) mass is 450 g/mol. The van der Waals surface area contributed by atoms with Crippen molar-refractivity contribution < 1.29 is 32.7 Å². The Kier molecular flexibility index (Phi) is 6.30. The van der Waals surface area contributed by atoms with Gasteiger partial charge in [-0.3, -0.25) is 19.3 Å². The van der Waals surface area contributed by atoms with Crippen LogP contribution in [0.3, 0.4) is 0 Å². The number of carbonyl (C=O) groups is 4. The molecule has 2 heterocycles. The third-order valence-electron chi connectivity index (χ3n) is 5.08. The fourth-order valence-corrected chi connectivity index (χ4v) is 3.38. The van der Waals surface area contributed by atoms with Gasteiger partial charge in [0.2, 0.25) is 0 Å². The molecular weight excluding hydrogens is 431 g/mol. The molecule has 3 aromatic rings. The Bertz CT molecular complexity index is 1200. The number of benzene rings is 2. The lowest BCUT2D eigenvalue weighted by Crippen LogP contribution is -2.30. The molecule has 4 rings (SSSR count). The fourth-order valence-electron chi connectivity index (χ4n) is 3.38. The standard InChI is InChI=1S/C24H19FN2O6/c25-17-6-3-15(4-7-17)9-10-26-21(28)14-33-24(31)16-5-8-19-20(12-16)23(30)27(22(19)29)13-18-2-1-11-32-18/h1-8,11-12H,9-10,13-14H2,(H,26,28). The van der Waals surface area contributed by atoms with E-state index in [4.69, 9.17) is 9.15 Å². The maximum Gasteiger partial charge on any atom is 0.338 e. The fraction of sp³-hybridized carbons (Fsp3) is 0.167. The molecule has 0 bridgehead atoms. The van der Waals surface area contributed by atoms with E-state index in [-0.39, 0.29) is 29.1 Å². The highest BCUT2D eigenvalue weighted by atomic mass is 19.1. The van der Waals surface area contributed by atoms with Crippen LogP contribution >= 0.6 is 0 Å². The highest BCUT2D eigenvalue weighted by molar-refractivity contribution is 6.21. The van der Waals surface area contributed by atoms with Crippen molar-refractivity contribution in [3.05, 3.63) is 94.7 Å². The summed E-state index contributed by atoms with van der Waals surface area (Å²) in [6, 6.07) is 13.3. The van der Waals surface area contributed by atoms with Crippen LogP contribution in [0, 0.1) is 5.82 Å². The average Bonchev–Trinajstić information content (AvgIpc) is 3.41. The molecule has 0 fully saturated rings. The molecule has 9 heteroatoms. The lowest BCUT2D eigenvalue weighted by atomic mass is 10.1. The van der Waals surface area contributed by atoms with E-state index < -0.39 is 30.3 Å². The van der Waals surface area contributed by atoms with Crippen LogP contribution in [0.1, 0.15) is 42.4 Å². The van der Waals surface area contributed by atoms with Crippen molar-refractivity contribution in [2.45, 2.75) is 13.0 Å². The zero-order chi connectivity index (χ0) is 23.4. The first-order valence-electron chi connectivity index (χ1n) is 10.1. The number of esters is 1. The normalized spacial score (nSPS) is 12.6. The maximum absolute atomic E-state index is 12.9. The van der Waals surface area contributed by atoms with Crippen LogP contribution in [-0.4, -0.2) is 41.7 Å². The molecule has 0 spiro atoms. The second-order valence-corrected chi connectivity index (χ2v) is 7.34. The largest absolute Gasteiger partial charge is 0.467 e. The first-order valence-corrected chi connectivity index (χ1v) is 10.1. The van der Waals surface area contributed by atoms with Gasteiger partial charge < -0.3 is 14.5 Å². The summed E-state index contributed by atoms with van der Waals surface area (Å²) in [4.78, 5) is 50.5. The number of nitrogens with zero attached hydrogens (tertiary/aromatic N) is 1. The van der Waals surface area contributed by atoms with Crippen molar-refractivity contribution in [2.75, 3.05) is 13.2 Å². The Labute approximate surface area is 187 Å². The zero-order valence-corrected chi connectivity index (χ0v) is 17.4. The van der Waals surface area contributed by atoms with Gasteiger partial charge in [0.05, 0.1) is 29.5 Å². The van der Waals surface area contributed by atoms with Crippen molar-refractivity contribution in [1.82, 2.24) is 10.2 Å². The number of ether oxygens (including phenoxy) is 1. The van der Waals surface area contributed by atoms with Crippen LogP contribution in [0.25, 0.3) is 0 Å². The number of halogens is 1. The van der Waals surface area contributed by atoms with Gasteiger partial charge in [-0.2, -0.15) is 0 Å². The van der Waals surface area contributed by atoms with E-state index in [1.54, 1.807) is 24.3 Å². The maximum atomic E-state index is 12.9. The van der Waals surface area contributed by atoms with Gasteiger partial charge in [-0.1, -0.05) is 12.1 Å². The van der Waals surface area contributed by atoms with Gasteiger partial charge in [-0.05, 0) is 54.4 Å². The number of rotatable bonds is 8. The summed E-state index contributed by atoms with van der Waals surface area (Å²) in [6.45, 7) is -0.225. The van der Waals surface area contributed by atoms with Gasteiger partial charge in [0.15, 0.2) is 6.61 Å². The Balaban J connectivity index is 1.30. The average molecular weight is 450 g/mol. The summed E-state index contributed by atoms with van der Waals surface area (Å²) in [7, 11) is 0. The number of nitrogens with one attached hydrogen (secondary N) is 1. The lowest BCUT2D eigenvalue weighted by Gasteiger charge is -2.11. The molecule has 0 unspecified atom stereocenters. The third kappa shape index (κ3) is 4.98. The van der Waals surface area contributed by atoms with Crippen LogP contribution in [0.4, 0.5) is 4.39 Å². The Morgan fingerprint density at radius 1 is 1.00 bits per heavy atom. The number of fused-ring (bicyclic) bond motifs is 1. The van der Waals surface area contributed by atoms with Crippen LogP contribution in [0.2, 0.25) is 0 Å². The van der Waals surface area contributed by atoms with E-state index in [1.165, 1.54) is 36.6 Å². The minimum absolute atomic E-state index is 0.0166. The molecule has 0 aliphatic carbocycles. The number of carbonyl (C=O) groups excluding carboxylic acids is 4. The summed E-state index contributed by atoms with van der Waals surface area (Å²) in [5, 5.41) is 2.61. The predicted octanol–water partition coefficient (Wildman–Crippen LogP) is 2.73. The predicted molar refractivity (Wildman–Crippen MR) is 113 cm³/mol. The van der Waals surface area contributed by atoms with Gasteiger partial charge in [0, 0.05) is 6.54 Å². The summed E-state index contributed by atoms with van der Waals surface area (Å²) >= 11 is 0. The van der Waals surface area contributed by atoms with Crippen molar-refractivity contribution >= 4 is 23.7 Å². The van der Waals surface area contributed by atoms with Crippen LogP contribution in [0.15, 0.2) is 65.3 Å². The zero-order valence-electron chi connectivity index (χ0n) is 17.4. The van der Waals surface area contributed by atoms with Crippen LogP contribution in [-0.2, 0) is 22.5 Å². The van der Waals surface area contributed by atoms with Crippen molar-refractivity contribution in [3.63, 3.8) is 0 Å². The van der Waals surface area contributed by atoms with Gasteiger partial charge >= 0.3 is 5.97 Å². The molecule has 0 saturated heterocycles. The van der Waals surface area contributed by atoms with Gasteiger partial charge in [-0.25, -0.2) is 9.18 Å². The minimum Gasteiger partial charge on any atom is -0.467 e. The summed E-state index contributed by atoms with van der Waals surface area (Å²) in [5.41, 5.74) is 1.17. The Morgan fingerprint density at radius 2 is 1.76 bits per heavy atom. The van der Waals surface area contributed by atoms with Crippen LogP contribution < -0.4 is 5.32 Å². The molecule has 1 aromatic heterocycles. The third-order valence-corrected chi connectivity index (χ3v) is 5.08.